The molecule has 3 aliphatic heterocycles. The second-order valence-electron chi connectivity index (χ2n) is 23.0. The van der Waals surface area contributed by atoms with Gasteiger partial charge in [0.05, 0.1) is 22.8 Å². The zero-order chi connectivity index (χ0) is 66.6. The molecule has 3 heterocycles. The van der Waals surface area contributed by atoms with Gasteiger partial charge in [-0.25, -0.2) is 0 Å². The van der Waals surface area contributed by atoms with E-state index in [0.29, 0.717) is 31.6 Å². The fourth-order valence-corrected chi connectivity index (χ4v) is 12.2. The van der Waals surface area contributed by atoms with Crippen molar-refractivity contribution in [2.24, 2.45) is 0 Å². The fraction of sp³-hybridized carbons (Fsp3) is 0.422. The van der Waals surface area contributed by atoms with Crippen molar-refractivity contribution >= 4 is 29.2 Å². The summed E-state index contributed by atoms with van der Waals surface area (Å²) in [5, 5.41) is 58.6. The Morgan fingerprint density at radius 2 is 0.723 bits per heavy atom. The predicted molar refractivity (Wildman–Crippen MR) is 336 cm³/mol. The normalized spacial score (nSPS) is 18.6. The van der Waals surface area contributed by atoms with Crippen LogP contribution in [0.15, 0.2) is 164 Å². The van der Waals surface area contributed by atoms with Crippen molar-refractivity contribution in [2.45, 2.75) is 115 Å². The molecular weight excluding hydrogens is 1880 g/mol. The smallest absolute Gasteiger partial charge is 0.715 e. The first-order chi connectivity index (χ1) is 42.7. The molecule has 0 saturated carbocycles. The van der Waals surface area contributed by atoms with Gasteiger partial charge in [0.1, 0.15) is 5.54 Å². The molecule has 0 bridgehead atoms. The molecule has 6 atom stereocenters. The molecule has 6 aromatic rings. The number of hydrogen-bond donors (Lipinski definition) is 6. The minimum atomic E-state index is -4.43. The largest absolute Gasteiger partial charge is 1.00 e. The maximum absolute atomic E-state index is 13.1. The summed E-state index contributed by atoms with van der Waals surface area (Å²) in [4.78, 5) is 12.7. The summed E-state index contributed by atoms with van der Waals surface area (Å²) >= 11 is 0. The molecule has 3 fully saturated rings. The van der Waals surface area contributed by atoms with E-state index in [2.05, 4.69) is 42.7 Å². The van der Waals surface area contributed by atoms with Crippen molar-refractivity contribution in [1.29, 1.82) is 5.26 Å². The van der Waals surface area contributed by atoms with E-state index in [1.165, 1.54) is 36.4 Å². The van der Waals surface area contributed by atoms with Gasteiger partial charge in [-0.15, -0.1) is 0 Å². The average Bonchev–Trinajstić information content (AvgIpc) is 0.769. The van der Waals surface area contributed by atoms with Gasteiger partial charge in [-0.05, 0) is 124 Å². The van der Waals surface area contributed by atoms with E-state index >= 15 is 0 Å². The van der Waals surface area contributed by atoms with Crippen LogP contribution in [-0.2, 0) is 43.3 Å². The quantitative estimate of drug-likeness (QED) is 0.0254. The first-order valence-electron chi connectivity index (χ1n) is 29.7. The fourth-order valence-electron chi connectivity index (χ4n) is 12.2. The molecule has 6 N–H and O–H groups in total. The van der Waals surface area contributed by atoms with Gasteiger partial charge in [-0.3, -0.25) is 25.2 Å². The van der Waals surface area contributed by atoms with Crippen LogP contribution in [0.3, 0.4) is 0 Å². The van der Waals surface area contributed by atoms with Gasteiger partial charge in [-0.2, -0.15) is 44.8 Å². The van der Waals surface area contributed by atoms with Gasteiger partial charge < -0.3 is 42.6 Å². The first kappa shape index (κ1) is 91.3. The summed E-state index contributed by atoms with van der Waals surface area (Å²) in [6, 6.07) is 48.3. The average molecular weight is 1960 g/mol. The summed E-state index contributed by atoms with van der Waals surface area (Å²) in [6.45, 7) is 17.5. The van der Waals surface area contributed by atoms with Crippen molar-refractivity contribution in [3.8, 4) is 6.07 Å². The zero-order valence-electron chi connectivity index (χ0n) is 54.2. The predicted octanol–water partition coefficient (Wildman–Crippen LogP) is 8.08. The number of piperazine rings is 3. The third-order valence-corrected chi connectivity index (χ3v) is 16.9. The molecule has 3 aliphatic rings. The Morgan fingerprint density at radius 1 is 0.447 bits per heavy atom. The van der Waals surface area contributed by atoms with Gasteiger partial charge in [0.2, 0.25) is 0 Å². The van der Waals surface area contributed by atoms with Crippen LogP contribution in [0, 0.1) is 144 Å². The summed E-state index contributed by atoms with van der Waals surface area (Å²) in [7, 11) is 1.91. The van der Waals surface area contributed by atoms with Gasteiger partial charge >= 0.3 is 69.2 Å². The van der Waals surface area contributed by atoms with Crippen LogP contribution >= 0.6 is 0 Å². The van der Waals surface area contributed by atoms with Gasteiger partial charge in [0, 0.05) is 228 Å². The van der Waals surface area contributed by atoms with Crippen molar-refractivity contribution in [2.75, 3.05) is 58.9 Å². The van der Waals surface area contributed by atoms with Crippen LogP contribution in [0.25, 0.3) is 0 Å². The van der Waals surface area contributed by atoms with Crippen LogP contribution in [0.1, 0.15) is 82.9 Å². The monoisotopic (exact) mass is 1960 g/mol. The van der Waals surface area contributed by atoms with E-state index < -0.39 is 61.9 Å². The number of nitrogens with zero attached hydrogens (tertiary/aromatic N) is 7. The number of benzene rings is 6. The van der Waals surface area contributed by atoms with Crippen LogP contribution in [0.2, 0.25) is 20.5 Å². The molecule has 6 radical (unpaired) electrons. The molecule has 3 saturated heterocycles. The molecule has 1 unspecified atom stereocenters. The SMILES string of the molecule is CB(O)N1CCN(C(C#N)(Cc2ccccc2)c2ccc(C(F)(F)F)cc2)[C@@H](C)C1.CB(O)N1CCN([C@@H](Cc2ccccc2)c2ccc(C(F)(F)F)cc2)[C@@H](C)C1.CB(O)N1CCN([C@H](Cc2ccccc2)c2ccc(C(F)(F)F)cc2)[C@@H](C)C1.OO.[Ac].[Ac].[Ac].[B-]O.[Na+]. The number of nitriles is 1. The third kappa shape index (κ3) is 26.9. The summed E-state index contributed by atoms with van der Waals surface area (Å²) in [5.74, 6) is 0. The first-order valence-corrected chi connectivity index (χ1v) is 29.7. The van der Waals surface area contributed by atoms with Crippen LogP contribution in [-0.4, -0.2) is 166 Å². The molecule has 0 spiro atoms. The maximum atomic E-state index is 13.1. The Balaban J connectivity index is 0.000000672. The van der Waals surface area contributed by atoms with Crippen molar-refractivity contribution in [3.63, 3.8) is 0 Å². The Labute approximate surface area is 679 Å². The molecule has 94 heavy (non-hydrogen) atoms. The number of rotatable bonds is 15. The van der Waals surface area contributed by atoms with Gasteiger partial charge in [0.25, 0.3) is 0 Å². The van der Waals surface area contributed by atoms with Gasteiger partial charge in [0.15, 0.2) is 0 Å². The Morgan fingerprint density at radius 3 is 1.00 bits per heavy atom. The van der Waals surface area contributed by atoms with Crippen LogP contribution < -0.4 is 29.6 Å². The molecule has 0 aliphatic carbocycles. The molecule has 30 heteroatoms. The minimum Gasteiger partial charge on any atom is -0.715 e. The standard InChI is InChI=1S/C22H25BF3N3O.2C21H26BF3N2O.3Ac.BHO.Na.H2O2/c1-17-15-28(23(2)30)12-13-29(17)21(16-27,14-18-6-4-3-5-7-18)19-8-10-20(11-9-19)22(24,25)26;2*1-16-15-26(22(2)28)12-13-27(16)20(14-17-6-4-3-5-7-17)18-8-10-19(11-9-18)21(23,24)25;;;;1-2;;1-2/h3-11,17,30H,12-15H2,1-2H3;2*3-11,16,20,28H,12-15H2,1-2H3;;;;2H;;1-2H/q;;;;;;-1;+1;/t17-,21?;16-,20+;16-,20-;;;;;;/m000....../s1. The minimum absolute atomic E-state index is 0. The third-order valence-electron chi connectivity index (χ3n) is 16.9. The Kier molecular flexibility index (Phi) is 42.7. The second kappa shape index (κ2) is 43.9. The molecule has 9 rings (SSSR count). The van der Waals surface area contributed by atoms with Crippen LogP contribution in [0.5, 0.6) is 0 Å². The van der Waals surface area contributed by atoms with E-state index in [-0.39, 0.29) is 192 Å². The van der Waals surface area contributed by atoms with E-state index in [1.807, 2.05) is 112 Å². The molecule has 492 valence electrons. The summed E-state index contributed by atoms with van der Waals surface area (Å²) in [6.07, 6.45) is -11.3. The molecule has 0 amide bonds. The van der Waals surface area contributed by atoms with E-state index in [9.17, 15) is 59.8 Å². The number of alkyl halides is 9. The molecule has 13 nitrogen and oxygen atoms in total. The van der Waals surface area contributed by atoms with Crippen molar-refractivity contribution in [1.82, 2.24) is 29.1 Å². The van der Waals surface area contributed by atoms with Crippen molar-refractivity contribution < 1.29 is 232 Å². The number of hydrogen-bond acceptors (Lipinski definition) is 13. The molecule has 0 aromatic heterocycles. The summed E-state index contributed by atoms with van der Waals surface area (Å²) in [5.41, 5.74) is 2.45. The Bertz CT molecular complexity index is 2950. The van der Waals surface area contributed by atoms with Crippen LogP contribution in [0.4, 0.5) is 39.5 Å². The topological polar surface area (TPSA) is 165 Å². The van der Waals surface area contributed by atoms with Gasteiger partial charge in [-0.1, -0.05) is 127 Å². The molecule has 6 aromatic carbocycles. The molecular formula is C64H80Ac3B4F9N7NaO6. The maximum Gasteiger partial charge on any atom is 1.00 e. The van der Waals surface area contributed by atoms with E-state index in [1.54, 1.807) is 44.7 Å². The zero-order valence-corrected chi connectivity index (χ0v) is 70.5. The number of halogens is 9. The second-order valence-corrected chi connectivity index (χ2v) is 23.0. The van der Waals surface area contributed by atoms with E-state index in [4.69, 9.17) is 15.5 Å². The Hall–Kier alpha value is -0.716. The van der Waals surface area contributed by atoms with E-state index in [0.717, 1.165) is 92.1 Å². The van der Waals surface area contributed by atoms with Crippen molar-refractivity contribution in [3.05, 3.63) is 214 Å². The summed E-state index contributed by atoms with van der Waals surface area (Å²) < 4.78 is 117.